The van der Waals surface area contributed by atoms with Gasteiger partial charge in [-0.25, -0.2) is 4.98 Å². The lowest BCUT2D eigenvalue weighted by molar-refractivity contribution is 0.0743. The zero-order chi connectivity index (χ0) is 18.3. The van der Waals surface area contributed by atoms with Gasteiger partial charge in [0.1, 0.15) is 11.4 Å². The van der Waals surface area contributed by atoms with E-state index in [0.29, 0.717) is 36.8 Å². The molecule has 1 aliphatic heterocycles. The highest BCUT2D eigenvalue weighted by Gasteiger charge is 2.30. The molecule has 2 fully saturated rings. The summed E-state index contributed by atoms with van der Waals surface area (Å²) >= 11 is 6.22. The molecule has 6 nitrogen and oxygen atoms in total. The Bertz CT molecular complexity index is 899. The number of nitrogens with zero attached hydrogens (tertiary/aromatic N) is 4. The highest BCUT2D eigenvalue weighted by molar-refractivity contribution is 6.32. The molecule has 4 rings (SSSR count). The van der Waals surface area contributed by atoms with Crippen LogP contribution in [-0.4, -0.2) is 46.5 Å². The van der Waals surface area contributed by atoms with E-state index < -0.39 is 0 Å². The molecule has 2 aromatic rings. The quantitative estimate of drug-likeness (QED) is 0.830. The van der Waals surface area contributed by atoms with E-state index in [2.05, 4.69) is 9.88 Å². The molecule has 1 amide bonds. The van der Waals surface area contributed by atoms with Crippen LogP contribution < -0.4 is 10.5 Å². The van der Waals surface area contributed by atoms with Gasteiger partial charge in [-0.05, 0) is 43.5 Å². The Kier molecular flexibility index (Phi) is 4.44. The average molecular weight is 373 g/mol. The van der Waals surface area contributed by atoms with Gasteiger partial charge in [-0.1, -0.05) is 11.6 Å². The zero-order valence-corrected chi connectivity index (χ0v) is 15.4. The van der Waals surface area contributed by atoms with E-state index in [-0.39, 0.29) is 17.5 Å². The van der Waals surface area contributed by atoms with Crippen molar-refractivity contribution in [3.05, 3.63) is 57.1 Å². The standard InChI is InChI=1S/C19H21ClN4O2/c1-13-6-8-24(14-4-5-14)19(26)16(13)18(25)23-11-9-22(10-12-23)17-15(20)3-2-7-21-17/h2-3,6-8,14H,4-5,9-12H2,1H3. The van der Waals surface area contributed by atoms with Gasteiger partial charge in [-0.2, -0.15) is 0 Å². The minimum atomic E-state index is -0.172. The van der Waals surface area contributed by atoms with Gasteiger partial charge in [0.25, 0.3) is 11.5 Å². The van der Waals surface area contributed by atoms with E-state index in [1.54, 1.807) is 21.7 Å². The van der Waals surface area contributed by atoms with Crippen LogP contribution in [0, 0.1) is 6.92 Å². The molecular weight excluding hydrogens is 352 g/mol. The Balaban J connectivity index is 1.52. The number of carbonyl (C=O) groups excluding carboxylic acids is 1. The molecule has 0 unspecified atom stereocenters. The third-order valence-electron chi connectivity index (χ3n) is 5.09. The largest absolute Gasteiger partial charge is 0.352 e. The van der Waals surface area contributed by atoms with E-state index >= 15 is 0 Å². The lowest BCUT2D eigenvalue weighted by Crippen LogP contribution is -2.50. The molecule has 0 N–H and O–H groups in total. The van der Waals surface area contributed by atoms with Crippen LogP contribution in [0.15, 0.2) is 35.4 Å². The molecule has 136 valence electrons. The van der Waals surface area contributed by atoms with Crippen LogP contribution in [0.5, 0.6) is 0 Å². The van der Waals surface area contributed by atoms with E-state index in [9.17, 15) is 9.59 Å². The third kappa shape index (κ3) is 3.09. The average Bonchev–Trinajstić information content (AvgIpc) is 3.47. The minimum absolute atomic E-state index is 0.160. The first-order valence-electron chi connectivity index (χ1n) is 8.93. The van der Waals surface area contributed by atoms with Crippen molar-refractivity contribution in [1.82, 2.24) is 14.5 Å². The second-order valence-corrected chi connectivity index (χ2v) is 7.31. The molecule has 3 heterocycles. The van der Waals surface area contributed by atoms with Crippen LogP contribution >= 0.6 is 11.6 Å². The fourth-order valence-corrected chi connectivity index (χ4v) is 3.67. The van der Waals surface area contributed by atoms with Crippen LogP contribution in [0.2, 0.25) is 5.02 Å². The number of hydrogen-bond donors (Lipinski definition) is 0. The second-order valence-electron chi connectivity index (χ2n) is 6.91. The van der Waals surface area contributed by atoms with Gasteiger partial charge in [0.15, 0.2) is 0 Å². The molecule has 1 aliphatic carbocycles. The number of hydrogen-bond acceptors (Lipinski definition) is 4. The number of carbonyl (C=O) groups is 1. The Labute approximate surface area is 157 Å². The van der Waals surface area contributed by atoms with Crippen LogP contribution in [0.4, 0.5) is 5.82 Å². The number of aromatic nitrogens is 2. The first-order chi connectivity index (χ1) is 12.6. The monoisotopic (exact) mass is 372 g/mol. The summed E-state index contributed by atoms with van der Waals surface area (Å²) in [7, 11) is 0. The van der Waals surface area contributed by atoms with Crippen molar-refractivity contribution in [3.63, 3.8) is 0 Å². The van der Waals surface area contributed by atoms with Gasteiger partial charge >= 0.3 is 0 Å². The highest BCUT2D eigenvalue weighted by Crippen LogP contribution is 2.33. The maximum Gasteiger partial charge on any atom is 0.263 e. The summed E-state index contributed by atoms with van der Waals surface area (Å²) in [5.41, 5.74) is 0.892. The van der Waals surface area contributed by atoms with Crippen molar-refractivity contribution < 1.29 is 4.79 Å². The molecular formula is C19H21ClN4O2. The van der Waals surface area contributed by atoms with E-state index in [0.717, 1.165) is 24.2 Å². The van der Waals surface area contributed by atoms with Gasteiger partial charge in [0.05, 0.1) is 5.02 Å². The summed E-state index contributed by atoms with van der Waals surface area (Å²) < 4.78 is 1.71. The number of amides is 1. The van der Waals surface area contributed by atoms with Crippen molar-refractivity contribution in [2.75, 3.05) is 31.1 Å². The summed E-state index contributed by atoms with van der Waals surface area (Å²) in [5.74, 6) is 0.572. The summed E-state index contributed by atoms with van der Waals surface area (Å²) in [4.78, 5) is 33.9. The van der Waals surface area contributed by atoms with Crippen LogP contribution in [0.3, 0.4) is 0 Å². The SMILES string of the molecule is Cc1ccn(C2CC2)c(=O)c1C(=O)N1CCN(c2ncccc2Cl)CC1. The summed E-state index contributed by atoms with van der Waals surface area (Å²) in [5, 5.41) is 0.610. The summed E-state index contributed by atoms with van der Waals surface area (Å²) in [6.45, 7) is 4.21. The number of piperazine rings is 1. The van der Waals surface area contributed by atoms with Gasteiger partial charge in [-0.15, -0.1) is 0 Å². The van der Waals surface area contributed by atoms with Crippen molar-refractivity contribution in [2.24, 2.45) is 0 Å². The van der Waals surface area contributed by atoms with E-state index in [1.807, 2.05) is 25.3 Å². The maximum absolute atomic E-state index is 13.0. The first-order valence-corrected chi connectivity index (χ1v) is 9.30. The molecule has 1 saturated heterocycles. The first kappa shape index (κ1) is 17.1. The molecule has 0 aromatic carbocycles. The highest BCUT2D eigenvalue weighted by atomic mass is 35.5. The molecule has 7 heteroatoms. The van der Waals surface area contributed by atoms with E-state index in [4.69, 9.17) is 11.6 Å². The Morgan fingerprint density at radius 1 is 1.19 bits per heavy atom. The smallest absolute Gasteiger partial charge is 0.263 e. The Morgan fingerprint density at radius 2 is 1.92 bits per heavy atom. The summed E-state index contributed by atoms with van der Waals surface area (Å²) in [6, 6.07) is 5.75. The van der Waals surface area contributed by atoms with Gasteiger partial charge in [0, 0.05) is 44.6 Å². The van der Waals surface area contributed by atoms with Crippen molar-refractivity contribution in [3.8, 4) is 0 Å². The molecule has 2 aliphatic rings. The lowest BCUT2D eigenvalue weighted by Gasteiger charge is -2.35. The molecule has 2 aromatic heterocycles. The van der Waals surface area contributed by atoms with Crippen LogP contribution in [-0.2, 0) is 0 Å². The normalized spacial score (nSPS) is 17.5. The Morgan fingerprint density at radius 3 is 2.58 bits per heavy atom. The van der Waals surface area contributed by atoms with Gasteiger partial charge < -0.3 is 14.4 Å². The van der Waals surface area contributed by atoms with Gasteiger partial charge in [0.2, 0.25) is 0 Å². The molecule has 26 heavy (non-hydrogen) atoms. The van der Waals surface area contributed by atoms with Crippen molar-refractivity contribution >= 4 is 23.3 Å². The minimum Gasteiger partial charge on any atom is -0.352 e. The van der Waals surface area contributed by atoms with Crippen LogP contribution in [0.25, 0.3) is 0 Å². The molecule has 0 radical (unpaired) electrons. The number of aryl methyl sites for hydroxylation is 1. The predicted molar refractivity (Wildman–Crippen MR) is 101 cm³/mol. The maximum atomic E-state index is 13.0. The molecule has 0 atom stereocenters. The number of anilines is 1. The fraction of sp³-hybridized carbons (Fsp3) is 0.421. The van der Waals surface area contributed by atoms with Crippen LogP contribution in [0.1, 0.15) is 34.8 Å². The second kappa shape index (κ2) is 6.76. The van der Waals surface area contributed by atoms with Crippen molar-refractivity contribution in [2.45, 2.75) is 25.8 Å². The lowest BCUT2D eigenvalue weighted by atomic mass is 10.1. The molecule has 0 bridgehead atoms. The molecule has 1 saturated carbocycles. The third-order valence-corrected chi connectivity index (χ3v) is 5.38. The topological polar surface area (TPSA) is 58.4 Å². The van der Waals surface area contributed by atoms with Crippen molar-refractivity contribution in [1.29, 1.82) is 0 Å². The number of halogens is 1. The summed E-state index contributed by atoms with van der Waals surface area (Å²) in [6.07, 6.45) is 5.56. The zero-order valence-electron chi connectivity index (χ0n) is 14.7. The predicted octanol–water partition coefficient (Wildman–Crippen LogP) is 2.50. The Hall–Kier alpha value is -2.34. The number of pyridine rings is 2. The van der Waals surface area contributed by atoms with E-state index in [1.165, 1.54) is 0 Å². The van der Waals surface area contributed by atoms with Gasteiger partial charge in [-0.3, -0.25) is 9.59 Å². The molecule has 0 spiro atoms. The number of rotatable bonds is 3. The fourth-order valence-electron chi connectivity index (χ4n) is 3.43.